The molecule has 1 heterocycles. The zero-order valence-corrected chi connectivity index (χ0v) is 28.2. The van der Waals surface area contributed by atoms with Crippen LogP contribution in [0.2, 0.25) is 0 Å². The number of hydrogen-bond acceptors (Lipinski definition) is 1. The van der Waals surface area contributed by atoms with Gasteiger partial charge in [0.1, 0.15) is 11.2 Å². The molecule has 0 amide bonds. The molecule has 1 heteroatoms. The van der Waals surface area contributed by atoms with E-state index in [2.05, 4.69) is 163 Å². The molecule has 3 unspecified atom stereocenters. The molecule has 7 aromatic carbocycles. The van der Waals surface area contributed by atoms with Crippen molar-refractivity contribution >= 4 is 21.9 Å². The Morgan fingerprint density at radius 2 is 1.06 bits per heavy atom. The van der Waals surface area contributed by atoms with E-state index in [9.17, 15) is 0 Å². The Morgan fingerprint density at radius 3 is 1.88 bits per heavy atom. The largest absolute Gasteiger partial charge is 0.456 e. The standard InChI is InChI=1S/C51H30O/c1-2-12-30(13-3-1)49-38-18-7-4-14-33(38)41-26-27-43-48(39-19-8-9-20-40(39)50(43)51(41)49)31-23-25-42-44(28-31)34-15-5-6-17-37(34)47(42)32-22-24-36-35-16-10-11-21-45(35)52-46(36)29-32/h1-2,4-12,14-29,47-49H. The molecule has 240 valence electrons. The molecule has 12 rings (SSSR count). The van der Waals surface area contributed by atoms with E-state index in [4.69, 9.17) is 4.42 Å². The minimum atomic E-state index is 0.113. The fourth-order valence-electron chi connectivity index (χ4n) is 9.90. The molecule has 8 aromatic rings. The third-order valence-electron chi connectivity index (χ3n) is 12.0. The first kappa shape index (κ1) is 28.1. The zero-order valence-electron chi connectivity index (χ0n) is 28.2. The fraction of sp³-hybridized carbons (Fsp3) is 0.0588. The van der Waals surface area contributed by atoms with Crippen molar-refractivity contribution in [1.29, 1.82) is 0 Å². The highest BCUT2D eigenvalue weighted by atomic mass is 16.3. The van der Waals surface area contributed by atoms with Crippen LogP contribution in [-0.4, -0.2) is 0 Å². The van der Waals surface area contributed by atoms with Gasteiger partial charge < -0.3 is 4.42 Å². The van der Waals surface area contributed by atoms with E-state index >= 15 is 0 Å². The van der Waals surface area contributed by atoms with Gasteiger partial charge >= 0.3 is 0 Å². The lowest BCUT2D eigenvalue weighted by Crippen LogP contribution is -2.03. The minimum Gasteiger partial charge on any atom is -0.456 e. The zero-order chi connectivity index (χ0) is 33.9. The van der Waals surface area contributed by atoms with E-state index in [1.807, 2.05) is 12.1 Å². The Bertz CT molecular complexity index is 3010. The summed E-state index contributed by atoms with van der Waals surface area (Å²) >= 11 is 0. The lowest BCUT2D eigenvalue weighted by atomic mass is 9.82. The van der Waals surface area contributed by atoms with Gasteiger partial charge in [-0.2, -0.15) is 0 Å². The summed E-state index contributed by atoms with van der Waals surface area (Å²) in [5, 5.41) is 2.33. The number of fused-ring (bicyclic) bond motifs is 13. The average Bonchev–Trinajstić information content (AvgIpc) is 3.94. The molecular formula is C51H30O. The molecule has 0 saturated carbocycles. The SMILES string of the molecule is C1=C=C(C2c3ccccc3-c3ccc4c(c32)-c2ccccc2C4c2ccc3c(c2)-c2ccccc2C3c2ccc3c(c2)oc2ccccc23)C=CC=1. The summed E-state index contributed by atoms with van der Waals surface area (Å²) < 4.78 is 6.37. The van der Waals surface area contributed by atoms with Crippen LogP contribution in [0.15, 0.2) is 185 Å². The maximum atomic E-state index is 6.37. The van der Waals surface area contributed by atoms with E-state index in [0.717, 1.165) is 11.2 Å². The van der Waals surface area contributed by atoms with Crippen LogP contribution in [0.4, 0.5) is 0 Å². The molecule has 0 bridgehead atoms. The van der Waals surface area contributed by atoms with Crippen molar-refractivity contribution in [3.05, 3.63) is 225 Å². The normalized spacial score (nSPS) is 18.2. The Labute approximate surface area is 301 Å². The van der Waals surface area contributed by atoms with E-state index < -0.39 is 0 Å². The Balaban J connectivity index is 1.04. The lowest BCUT2D eigenvalue weighted by Gasteiger charge is -2.20. The highest BCUT2D eigenvalue weighted by molar-refractivity contribution is 6.05. The Hall–Kier alpha value is -6.62. The number of furan rings is 1. The maximum Gasteiger partial charge on any atom is 0.135 e. The van der Waals surface area contributed by atoms with Crippen molar-refractivity contribution in [3.8, 4) is 33.4 Å². The maximum absolute atomic E-state index is 6.37. The molecule has 0 fully saturated rings. The number of rotatable bonds is 3. The average molecular weight is 659 g/mol. The highest BCUT2D eigenvalue weighted by Crippen LogP contribution is 2.59. The van der Waals surface area contributed by atoms with E-state index in [0.29, 0.717) is 0 Å². The number of hydrogen-bond donors (Lipinski definition) is 0. The fourth-order valence-corrected chi connectivity index (χ4v) is 9.90. The van der Waals surface area contributed by atoms with Gasteiger partial charge in [-0.3, -0.25) is 0 Å². The van der Waals surface area contributed by atoms with Crippen LogP contribution in [0.3, 0.4) is 0 Å². The summed E-state index contributed by atoms with van der Waals surface area (Å²) in [6.07, 6.45) is 6.25. The topological polar surface area (TPSA) is 13.1 Å². The molecule has 0 spiro atoms. The van der Waals surface area contributed by atoms with E-state index in [1.54, 1.807) is 0 Å². The predicted octanol–water partition coefficient (Wildman–Crippen LogP) is 12.8. The van der Waals surface area contributed by atoms with Crippen LogP contribution < -0.4 is 0 Å². The molecular weight excluding hydrogens is 629 g/mol. The van der Waals surface area contributed by atoms with Crippen molar-refractivity contribution < 1.29 is 4.42 Å². The first-order valence-corrected chi connectivity index (χ1v) is 18.2. The summed E-state index contributed by atoms with van der Waals surface area (Å²) in [5.41, 5.74) is 28.6. The summed E-state index contributed by atoms with van der Waals surface area (Å²) in [6, 6.07) is 54.2. The van der Waals surface area contributed by atoms with Crippen LogP contribution in [-0.2, 0) is 0 Å². The number of para-hydroxylation sites is 1. The number of benzene rings is 7. The van der Waals surface area contributed by atoms with Gasteiger partial charge in [0.05, 0.1) is 0 Å². The highest BCUT2D eigenvalue weighted by Gasteiger charge is 2.40. The summed E-state index contributed by atoms with van der Waals surface area (Å²) in [4.78, 5) is 0. The van der Waals surface area contributed by atoms with Crippen LogP contribution in [0.1, 0.15) is 62.3 Å². The van der Waals surface area contributed by atoms with Crippen molar-refractivity contribution in [1.82, 2.24) is 0 Å². The third kappa shape index (κ3) is 3.74. The first-order valence-electron chi connectivity index (χ1n) is 18.2. The third-order valence-corrected chi connectivity index (χ3v) is 12.0. The van der Waals surface area contributed by atoms with Crippen LogP contribution in [0.25, 0.3) is 55.3 Å². The molecule has 1 aromatic heterocycles. The van der Waals surface area contributed by atoms with Crippen LogP contribution >= 0.6 is 0 Å². The van der Waals surface area contributed by atoms with Gasteiger partial charge in [-0.15, -0.1) is 0 Å². The Morgan fingerprint density at radius 1 is 0.442 bits per heavy atom. The summed E-state index contributed by atoms with van der Waals surface area (Å²) in [6.45, 7) is 0. The van der Waals surface area contributed by atoms with Crippen molar-refractivity contribution in [3.63, 3.8) is 0 Å². The second-order valence-electron chi connectivity index (χ2n) is 14.5. The second kappa shape index (κ2) is 10.5. The quantitative estimate of drug-likeness (QED) is 0.172. The van der Waals surface area contributed by atoms with Crippen molar-refractivity contribution in [2.24, 2.45) is 0 Å². The summed E-state index contributed by atoms with van der Waals surface area (Å²) in [5.74, 6) is 0.389. The van der Waals surface area contributed by atoms with Crippen molar-refractivity contribution in [2.75, 3.05) is 0 Å². The molecule has 0 saturated heterocycles. The monoisotopic (exact) mass is 658 g/mol. The molecule has 4 aliphatic rings. The van der Waals surface area contributed by atoms with Gasteiger partial charge in [-0.25, -0.2) is 0 Å². The second-order valence-corrected chi connectivity index (χ2v) is 14.5. The van der Waals surface area contributed by atoms with Gasteiger partial charge in [-0.05, 0) is 108 Å². The van der Waals surface area contributed by atoms with Gasteiger partial charge in [0.2, 0.25) is 0 Å². The smallest absolute Gasteiger partial charge is 0.135 e. The lowest BCUT2D eigenvalue weighted by molar-refractivity contribution is 0.668. The van der Waals surface area contributed by atoms with E-state index in [-0.39, 0.29) is 17.8 Å². The van der Waals surface area contributed by atoms with Gasteiger partial charge in [0.15, 0.2) is 0 Å². The first-order chi connectivity index (χ1) is 25.8. The minimum absolute atomic E-state index is 0.113. The van der Waals surface area contributed by atoms with E-state index in [1.165, 1.54) is 94.2 Å². The van der Waals surface area contributed by atoms with Gasteiger partial charge in [0.25, 0.3) is 0 Å². The molecule has 4 aliphatic carbocycles. The van der Waals surface area contributed by atoms with Crippen molar-refractivity contribution in [2.45, 2.75) is 17.8 Å². The molecule has 0 aliphatic heterocycles. The number of allylic oxidation sites excluding steroid dienone is 4. The molecule has 0 radical (unpaired) electrons. The predicted molar refractivity (Wildman–Crippen MR) is 211 cm³/mol. The molecule has 1 nitrogen and oxygen atoms in total. The molecule has 0 N–H and O–H groups in total. The van der Waals surface area contributed by atoms with Crippen LogP contribution in [0, 0.1) is 0 Å². The van der Waals surface area contributed by atoms with Crippen LogP contribution in [0.5, 0.6) is 0 Å². The summed E-state index contributed by atoms with van der Waals surface area (Å²) in [7, 11) is 0. The Kier molecular flexibility index (Phi) is 5.65. The van der Waals surface area contributed by atoms with Gasteiger partial charge in [-0.1, -0.05) is 145 Å². The molecule has 3 atom stereocenters. The molecule has 52 heavy (non-hydrogen) atoms. The van der Waals surface area contributed by atoms with Gasteiger partial charge in [0, 0.05) is 34.1 Å².